The number of nitrogens with one attached hydrogen (secondary N) is 1. The van der Waals surface area contributed by atoms with Crippen LogP contribution in [0.1, 0.15) is 18.2 Å². The van der Waals surface area contributed by atoms with E-state index in [1.165, 1.54) is 0 Å². The zero-order valence-corrected chi connectivity index (χ0v) is 9.75. The second kappa shape index (κ2) is 3.61. The second-order valence-electron chi connectivity index (χ2n) is 3.85. The molecule has 1 fully saturated rings. The van der Waals surface area contributed by atoms with Crippen LogP contribution in [0.25, 0.3) is 11.1 Å². The van der Waals surface area contributed by atoms with Crippen molar-refractivity contribution >= 4 is 27.0 Å². The number of nitrogens with zero attached hydrogens (tertiary/aromatic N) is 1. The van der Waals surface area contributed by atoms with Gasteiger partial charge in [-0.25, -0.2) is 4.98 Å². The van der Waals surface area contributed by atoms with Gasteiger partial charge in [-0.15, -0.1) is 0 Å². The highest BCUT2D eigenvalue weighted by molar-refractivity contribution is 9.10. The smallest absolute Gasteiger partial charge is 0.199 e. The van der Waals surface area contributed by atoms with E-state index in [0.29, 0.717) is 5.92 Å². The predicted molar refractivity (Wildman–Crippen MR) is 61.9 cm³/mol. The third kappa shape index (κ3) is 1.68. The van der Waals surface area contributed by atoms with Crippen molar-refractivity contribution in [2.75, 3.05) is 13.1 Å². The molecule has 15 heavy (non-hydrogen) atoms. The maximum atomic E-state index is 5.74. The van der Waals surface area contributed by atoms with Gasteiger partial charge in [-0.2, -0.15) is 0 Å². The molecule has 1 saturated heterocycles. The Balaban J connectivity index is 2.05. The number of oxazole rings is 1. The van der Waals surface area contributed by atoms with E-state index in [9.17, 15) is 0 Å². The fourth-order valence-electron chi connectivity index (χ4n) is 1.96. The standard InChI is InChI=1S/C11H11BrN2O/c12-8-1-2-10-9(5-8)14-11(15-10)7-3-4-13-6-7/h1-2,5,7,13H,3-4,6H2. The summed E-state index contributed by atoms with van der Waals surface area (Å²) in [6.07, 6.45) is 1.12. The molecule has 78 valence electrons. The molecule has 1 aromatic heterocycles. The topological polar surface area (TPSA) is 38.1 Å². The van der Waals surface area contributed by atoms with E-state index in [2.05, 4.69) is 26.2 Å². The molecule has 1 aliphatic rings. The molecule has 0 aliphatic carbocycles. The molecule has 1 aliphatic heterocycles. The molecule has 3 rings (SSSR count). The number of halogens is 1. The van der Waals surface area contributed by atoms with Crippen molar-refractivity contribution in [2.24, 2.45) is 0 Å². The van der Waals surface area contributed by atoms with Crippen LogP contribution in [0.5, 0.6) is 0 Å². The van der Waals surface area contributed by atoms with Crippen LogP contribution in [0, 0.1) is 0 Å². The van der Waals surface area contributed by atoms with Gasteiger partial charge in [-0.05, 0) is 31.2 Å². The summed E-state index contributed by atoms with van der Waals surface area (Å²) in [6.45, 7) is 2.04. The normalized spacial score (nSPS) is 21.3. The van der Waals surface area contributed by atoms with Gasteiger partial charge in [0.15, 0.2) is 11.5 Å². The fourth-order valence-corrected chi connectivity index (χ4v) is 2.31. The second-order valence-corrected chi connectivity index (χ2v) is 4.77. The molecule has 2 aromatic rings. The van der Waals surface area contributed by atoms with Crippen LogP contribution in [0.2, 0.25) is 0 Å². The van der Waals surface area contributed by atoms with Crippen LogP contribution in [-0.4, -0.2) is 18.1 Å². The van der Waals surface area contributed by atoms with Gasteiger partial charge in [0.25, 0.3) is 0 Å². The molecular weight excluding hydrogens is 256 g/mol. The summed E-state index contributed by atoms with van der Waals surface area (Å²) in [5.74, 6) is 1.31. The zero-order valence-electron chi connectivity index (χ0n) is 8.16. The van der Waals surface area contributed by atoms with Crippen LogP contribution in [-0.2, 0) is 0 Å². The molecular formula is C11H11BrN2O. The summed E-state index contributed by atoms with van der Waals surface area (Å²) in [5, 5.41) is 3.32. The quantitative estimate of drug-likeness (QED) is 0.863. The molecule has 0 radical (unpaired) electrons. The van der Waals surface area contributed by atoms with Crippen LogP contribution >= 0.6 is 15.9 Å². The highest BCUT2D eigenvalue weighted by Crippen LogP contribution is 2.27. The number of hydrogen-bond donors (Lipinski definition) is 1. The van der Waals surface area contributed by atoms with Crippen molar-refractivity contribution in [1.82, 2.24) is 10.3 Å². The van der Waals surface area contributed by atoms with Crippen molar-refractivity contribution in [3.05, 3.63) is 28.6 Å². The van der Waals surface area contributed by atoms with Crippen molar-refractivity contribution in [1.29, 1.82) is 0 Å². The minimum atomic E-state index is 0.441. The minimum Gasteiger partial charge on any atom is -0.440 e. The average molecular weight is 267 g/mol. The highest BCUT2D eigenvalue weighted by Gasteiger charge is 2.21. The van der Waals surface area contributed by atoms with E-state index in [-0.39, 0.29) is 0 Å². The summed E-state index contributed by atoms with van der Waals surface area (Å²) >= 11 is 3.43. The van der Waals surface area contributed by atoms with Gasteiger partial charge in [-0.3, -0.25) is 0 Å². The molecule has 1 aromatic carbocycles. The van der Waals surface area contributed by atoms with Gasteiger partial charge < -0.3 is 9.73 Å². The maximum Gasteiger partial charge on any atom is 0.199 e. The molecule has 0 amide bonds. The molecule has 2 heterocycles. The Kier molecular flexibility index (Phi) is 2.25. The van der Waals surface area contributed by atoms with Crippen molar-refractivity contribution in [2.45, 2.75) is 12.3 Å². The SMILES string of the molecule is Brc1ccc2oc(C3CCNC3)nc2c1. The lowest BCUT2D eigenvalue weighted by atomic mass is 10.1. The molecule has 0 spiro atoms. The van der Waals surface area contributed by atoms with Gasteiger partial charge in [0.05, 0.1) is 0 Å². The van der Waals surface area contributed by atoms with E-state index < -0.39 is 0 Å². The van der Waals surface area contributed by atoms with Gasteiger partial charge in [0, 0.05) is 16.9 Å². The van der Waals surface area contributed by atoms with Crippen molar-refractivity contribution in [3.63, 3.8) is 0 Å². The Labute approximate surface area is 96.0 Å². The van der Waals surface area contributed by atoms with Gasteiger partial charge >= 0.3 is 0 Å². The first-order valence-electron chi connectivity index (χ1n) is 5.09. The third-order valence-corrected chi connectivity index (χ3v) is 3.27. The van der Waals surface area contributed by atoms with Crippen LogP contribution in [0.4, 0.5) is 0 Å². The maximum absolute atomic E-state index is 5.74. The summed E-state index contributed by atoms with van der Waals surface area (Å²) in [5.41, 5.74) is 1.81. The first kappa shape index (κ1) is 9.36. The van der Waals surface area contributed by atoms with E-state index in [1.807, 2.05) is 18.2 Å². The molecule has 1 atom stereocenters. The summed E-state index contributed by atoms with van der Waals surface area (Å²) in [6, 6.07) is 5.92. The Bertz CT molecular complexity index is 488. The van der Waals surface area contributed by atoms with Crippen molar-refractivity contribution in [3.8, 4) is 0 Å². The lowest BCUT2D eigenvalue weighted by molar-refractivity contribution is 0.485. The van der Waals surface area contributed by atoms with E-state index in [0.717, 1.165) is 41.0 Å². The zero-order chi connectivity index (χ0) is 10.3. The van der Waals surface area contributed by atoms with Crippen LogP contribution < -0.4 is 5.32 Å². The Morgan fingerprint density at radius 2 is 2.40 bits per heavy atom. The van der Waals surface area contributed by atoms with Gasteiger partial charge in [0.1, 0.15) is 5.52 Å². The number of rotatable bonds is 1. The molecule has 4 heteroatoms. The molecule has 1 N–H and O–H groups in total. The number of aromatic nitrogens is 1. The van der Waals surface area contributed by atoms with Crippen LogP contribution in [0.3, 0.4) is 0 Å². The number of fused-ring (bicyclic) bond motifs is 1. The largest absolute Gasteiger partial charge is 0.440 e. The number of hydrogen-bond acceptors (Lipinski definition) is 3. The van der Waals surface area contributed by atoms with E-state index >= 15 is 0 Å². The van der Waals surface area contributed by atoms with E-state index in [4.69, 9.17) is 4.42 Å². The third-order valence-electron chi connectivity index (χ3n) is 2.78. The Hall–Kier alpha value is -0.870. The predicted octanol–water partition coefficient (Wildman–Crippen LogP) is 2.67. The van der Waals surface area contributed by atoms with E-state index in [1.54, 1.807) is 0 Å². The molecule has 1 unspecified atom stereocenters. The first-order valence-corrected chi connectivity index (χ1v) is 5.89. The van der Waals surface area contributed by atoms with Gasteiger partial charge in [-0.1, -0.05) is 15.9 Å². The monoisotopic (exact) mass is 266 g/mol. The molecule has 0 saturated carbocycles. The fraction of sp³-hybridized carbons (Fsp3) is 0.364. The average Bonchev–Trinajstić information content (AvgIpc) is 2.84. The number of benzene rings is 1. The van der Waals surface area contributed by atoms with Crippen molar-refractivity contribution < 1.29 is 4.42 Å². The first-order chi connectivity index (χ1) is 7.33. The summed E-state index contributed by atoms with van der Waals surface area (Å²) < 4.78 is 6.78. The molecule has 3 nitrogen and oxygen atoms in total. The summed E-state index contributed by atoms with van der Waals surface area (Å²) in [4.78, 5) is 4.52. The van der Waals surface area contributed by atoms with Crippen LogP contribution in [0.15, 0.2) is 27.1 Å². The summed E-state index contributed by atoms with van der Waals surface area (Å²) in [7, 11) is 0. The lowest BCUT2D eigenvalue weighted by Gasteiger charge is -1.99. The molecule has 0 bridgehead atoms. The minimum absolute atomic E-state index is 0.441. The highest BCUT2D eigenvalue weighted by atomic mass is 79.9. The van der Waals surface area contributed by atoms with Gasteiger partial charge in [0.2, 0.25) is 0 Å². The Morgan fingerprint density at radius 1 is 1.47 bits per heavy atom. The Morgan fingerprint density at radius 3 is 3.20 bits per heavy atom. The lowest BCUT2D eigenvalue weighted by Crippen LogP contribution is -2.07.